The van der Waals surface area contributed by atoms with Crippen molar-refractivity contribution in [3.05, 3.63) is 51.3 Å². The summed E-state index contributed by atoms with van der Waals surface area (Å²) in [5.41, 5.74) is 2.17. The number of nitrogens with one attached hydrogen (secondary N) is 1. The lowest BCUT2D eigenvalue weighted by Gasteiger charge is -2.33. The number of morpholine rings is 1. The molecule has 0 radical (unpaired) electrons. The van der Waals surface area contributed by atoms with Crippen molar-refractivity contribution in [1.82, 2.24) is 15.1 Å². The van der Waals surface area contributed by atoms with Gasteiger partial charge >= 0.3 is 5.97 Å². The van der Waals surface area contributed by atoms with Crippen molar-refractivity contribution in [3.63, 3.8) is 0 Å². The molecule has 0 bridgehead atoms. The number of benzene rings is 1. The minimum atomic E-state index is -0.420. The zero-order valence-electron chi connectivity index (χ0n) is 13.1. The Balaban J connectivity index is 1.71. The molecule has 128 valence electrons. The Morgan fingerprint density at radius 3 is 3.04 bits per heavy atom. The Hall–Kier alpha value is -1.60. The fraction of sp³-hybridized carbons (Fsp3) is 0.375. The summed E-state index contributed by atoms with van der Waals surface area (Å²) in [4.78, 5) is 13.9. The third-order valence-corrected chi connectivity index (χ3v) is 4.71. The maximum Gasteiger partial charge on any atom is 0.356 e. The van der Waals surface area contributed by atoms with Crippen LogP contribution >= 0.6 is 23.2 Å². The van der Waals surface area contributed by atoms with Crippen molar-refractivity contribution < 1.29 is 14.3 Å². The zero-order chi connectivity index (χ0) is 17.1. The van der Waals surface area contributed by atoms with Gasteiger partial charge in [0, 0.05) is 25.2 Å². The lowest BCUT2D eigenvalue weighted by Crippen LogP contribution is -2.38. The Labute approximate surface area is 149 Å². The molecule has 2 aromatic rings. The molecule has 0 amide bonds. The Kier molecular flexibility index (Phi) is 5.40. The van der Waals surface area contributed by atoms with Crippen LogP contribution in [0.5, 0.6) is 0 Å². The lowest BCUT2D eigenvalue weighted by atomic mass is 10.1. The van der Waals surface area contributed by atoms with E-state index in [9.17, 15) is 4.79 Å². The molecule has 2 heterocycles. The first-order valence-corrected chi connectivity index (χ1v) is 8.23. The van der Waals surface area contributed by atoms with E-state index in [2.05, 4.69) is 15.1 Å². The molecule has 0 aliphatic carbocycles. The van der Waals surface area contributed by atoms with Gasteiger partial charge in [0.25, 0.3) is 0 Å². The number of hydrogen-bond acceptors (Lipinski definition) is 5. The molecular weight excluding hydrogens is 353 g/mol. The Morgan fingerprint density at radius 2 is 2.29 bits per heavy atom. The number of methoxy groups -OCH3 is 1. The number of halogens is 2. The standard InChI is InChI=1S/C16H17Cl2N3O3/c1-23-16(22)15-11(7-19-20-15)8-21-4-5-24-14(9-21)10-2-3-12(17)13(18)6-10/h2-3,6-7,14H,4-5,8-9H2,1H3,(H,19,20)/t14-/m0/s1. The number of carbonyl (C=O) groups is 1. The van der Waals surface area contributed by atoms with E-state index in [1.807, 2.05) is 12.1 Å². The van der Waals surface area contributed by atoms with Crippen molar-refractivity contribution in [2.45, 2.75) is 12.6 Å². The van der Waals surface area contributed by atoms with Gasteiger partial charge in [0.05, 0.1) is 36.1 Å². The molecule has 1 fully saturated rings. The Morgan fingerprint density at radius 1 is 1.46 bits per heavy atom. The third kappa shape index (κ3) is 3.72. The van der Waals surface area contributed by atoms with Gasteiger partial charge < -0.3 is 9.47 Å². The van der Waals surface area contributed by atoms with Crippen LogP contribution in [-0.2, 0) is 16.0 Å². The van der Waals surface area contributed by atoms with E-state index in [-0.39, 0.29) is 6.10 Å². The SMILES string of the molecule is COC(=O)c1[nH]ncc1CN1CCO[C@H](c2ccc(Cl)c(Cl)c2)C1. The van der Waals surface area contributed by atoms with Crippen LogP contribution in [0.25, 0.3) is 0 Å². The van der Waals surface area contributed by atoms with Crippen LogP contribution in [0.2, 0.25) is 10.0 Å². The molecule has 0 saturated carbocycles. The summed E-state index contributed by atoms with van der Waals surface area (Å²) >= 11 is 12.1. The monoisotopic (exact) mass is 369 g/mol. The van der Waals surface area contributed by atoms with Crippen molar-refractivity contribution in [2.75, 3.05) is 26.8 Å². The fourth-order valence-electron chi connectivity index (χ4n) is 2.71. The smallest absolute Gasteiger partial charge is 0.356 e. The summed E-state index contributed by atoms with van der Waals surface area (Å²) in [5.74, 6) is -0.420. The van der Waals surface area contributed by atoms with Crippen molar-refractivity contribution in [2.24, 2.45) is 0 Å². The van der Waals surface area contributed by atoms with Gasteiger partial charge in [-0.25, -0.2) is 4.79 Å². The molecule has 24 heavy (non-hydrogen) atoms. The van der Waals surface area contributed by atoms with E-state index in [0.29, 0.717) is 35.4 Å². The number of hydrogen-bond donors (Lipinski definition) is 1. The van der Waals surface area contributed by atoms with Gasteiger partial charge in [-0.2, -0.15) is 5.10 Å². The number of carbonyl (C=O) groups excluding carboxylic acids is 1. The summed E-state index contributed by atoms with van der Waals surface area (Å²) in [6, 6.07) is 5.52. The first-order valence-electron chi connectivity index (χ1n) is 7.48. The number of aromatic amines is 1. The van der Waals surface area contributed by atoms with Gasteiger partial charge in [-0.3, -0.25) is 10.00 Å². The molecule has 1 N–H and O–H groups in total. The lowest BCUT2D eigenvalue weighted by molar-refractivity contribution is -0.0330. The minimum Gasteiger partial charge on any atom is -0.464 e. The van der Waals surface area contributed by atoms with Crippen LogP contribution in [-0.4, -0.2) is 47.9 Å². The van der Waals surface area contributed by atoms with Gasteiger partial charge in [-0.15, -0.1) is 0 Å². The highest BCUT2D eigenvalue weighted by molar-refractivity contribution is 6.42. The van der Waals surface area contributed by atoms with Gasteiger partial charge in [0.1, 0.15) is 5.69 Å². The second-order valence-corrected chi connectivity index (χ2v) is 6.34. The summed E-state index contributed by atoms with van der Waals surface area (Å²) in [5, 5.41) is 7.66. The van der Waals surface area contributed by atoms with Crippen LogP contribution in [0.4, 0.5) is 0 Å². The van der Waals surface area contributed by atoms with Gasteiger partial charge in [-0.05, 0) is 17.7 Å². The van der Waals surface area contributed by atoms with Crippen molar-refractivity contribution >= 4 is 29.2 Å². The third-order valence-electron chi connectivity index (χ3n) is 3.97. The average Bonchev–Trinajstić information content (AvgIpc) is 3.05. The first kappa shape index (κ1) is 17.2. The van der Waals surface area contributed by atoms with E-state index in [1.165, 1.54) is 7.11 Å². The summed E-state index contributed by atoms with van der Waals surface area (Å²) in [6.45, 7) is 2.63. The number of esters is 1. The molecule has 6 nitrogen and oxygen atoms in total. The van der Waals surface area contributed by atoms with E-state index in [1.54, 1.807) is 12.3 Å². The number of aromatic nitrogens is 2. The van der Waals surface area contributed by atoms with Crippen LogP contribution in [0.15, 0.2) is 24.4 Å². The van der Waals surface area contributed by atoms with Gasteiger partial charge in [0.2, 0.25) is 0 Å². The zero-order valence-corrected chi connectivity index (χ0v) is 14.6. The van der Waals surface area contributed by atoms with Crippen molar-refractivity contribution in [1.29, 1.82) is 0 Å². The summed E-state index contributed by atoms with van der Waals surface area (Å²) in [7, 11) is 1.35. The Bertz CT molecular complexity index is 735. The largest absolute Gasteiger partial charge is 0.464 e. The van der Waals surface area contributed by atoms with Crippen molar-refractivity contribution in [3.8, 4) is 0 Å². The van der Waals surface area contributed by atoms with Crippen LogP contribution in [0.1, 0.15) is 27.7 Å². The number of nitrogens with zero attached hydrogens (tertiary/aromatic N) is 2. The predicted molar refractivity (Wildman–Crippen MR) is 90.4 cm³/mol. The molecule has 1 aromatic heterocycles. The maximum atomic E-state index is 11.7. The van der Waals surface area contributed by atoms with Crippen LogP contribution in [0, 0.1) is 0 Å². The quantitative estimate of drug-likeness (QED) is 0.838. The second kappa shape index (κ2) is 7.53. The van der Waals surface area contributed by atoms with E-state index in [4.69, 9.17) is 32.7 Å². The normalized spacial score (nSPS) is 18.5. The molecule has 1 atom stereocenters. The van der Waals surface area contributed by atoms with E-state index < -0.39 is 5.97 Å². The van der Waals surface area contributed by atoms with Crippen LogP contribution in [0.3, 0.4) is 0 Å². The highest BCUT2D eigenvalue weighted by atomic mass is 35.5. The highest BCUT2D eigenvalue weighted by Gasteiger charge is 2.24. The maximum absolute atomic E-state index is 11.7. The molecule has 8 heteroatoms. The highest BCUT2D eigenvalue weighted by Crippen LogP contribution is 2.29. The fourth-order valence-corrected chi connectivity index (χ4v) is 3.02. The van der Waals surface area contributed by atoms with Gasteiger partial charge in [0.15, 0.2) is 0 Å². The molecule has 3 rings (SSSR count). The number of ether oxygens (including phenoxy) is 2. The summed E-state index contributed by atoms with van der Waals surface area (Å²) < 4.78 is 10.6. The first-order chi connectivity index (χ1) is 11.6. The number of H-pyrrole nitrogens is 1. The molecule has 1 aliphatic rings. The molecule has 1 aromatic carbocycles. The molecule has 1 aliphatic heterocycles. The van der Waals surface area contributed by atoms with E-state index >= 15 is 0 Å². The molecular formula is C16H17Cl2N3O3. The topological polar surface area (TPSA) is 67.5 Å². The molecule has 1 saturated heterocycles. The molecule has 0 spiro atoms. The van der Waals surface area contributed by atoms with Gasteiger partial charge in [-0.1, -0.05) is 29.3 Å². The van der Waals surface area contributed by atoms with E-state index in [0.717, 1.165) is 17.7 Å². The van der Waals surface area contributed by atoms with Crippen LogP contribution < -0.4 is 0 Å². The molecule has 0 unspecified atom stereocenters. The number of rotatable bonds is 4. The average molecular weight is 370 g/mol. The summed E-state index contributed by atoms with van der Waals surface area (Å²) in [6.07, 6.45) is 1.55. The predicted octanol–water partition coefficient (Wildman–Crippen LogP) is 3.08. The second-order valence-electron chi connectivity index (χ2n) is 5.53. The minimum absolute atomic E-state index is 0.0954.